The smallest absolute Gasteiger partial charge is 0.257 e. The largest absolute Gasteiger partial charge is 0.315 e. The van der Waals surface area contributed by atoms with Crippen molar-refractivity contribution < 1.29 is 8.42 Å². The van der Waals surface area contributed by atoms with Gasteiger partial charge in [0.05, 0.1) is 5.69 Å². The van der Waals surface area contributed by atoms with Crippen LogP contribution < -0.4 is 9.44 Å². The first-order chi connectivity index (χ1) is 6.05. The molecule has 1 rings (SSSR count). The molecule has 0 saturated heterocycles. The van der Waals surface area contributed by atoms with Gasteiger partial charge in [-0.1, -0.05) is 18.2 Å². The van der Waals surface area contributed by atoms with E-state index in [1.807, 2.05) is 0 Å². The van der Waals surface area contributed by atoms with Crippen LogP contribution in [0.15, 0.2) is 30.3 Å². The van der Waals surface area contributed by atoms with Gasteiger partial charge in [-0.2, -0.15) is 8.42 Å². The van der Waals surface area contributed by atoms with E-state index in [4.69, 9.17) is 5.14 Å². The Labute approximate surface area is 78.2 Å². The Bertz CT molecular complexity index is 361. The minimum absolute atomic E-state index is 0.274. The van der Waals surface area contributed by atoms with Crippen molar-refractivity contribution in [3.8, 4) is 0 Å². The van der Waals surface area contributed by atoms with Crippen LogP contribution in [0.2, 0.25) is 0 Å². The predicted molar refractivity (Wildman–Crippen MR) is 51.5 cm³/mol. The lowest BCUT2D eigenvalue weighted by atomic mass is 10.3. The van der Waals surface area contributed by atoms with Gasteiger partial charge in [-0.3, -0.25) is 4.31 Å². The van der Waals surface area contributed by atoms with Gasteiger partial charge >= 0.3 is 10.2 Å². The van der Waals surface area contributed by atoms with Gasteiger partial charge in [0, 0.05) is 6.54 Å². The second kappa shape index (κ2) is 3.76. The molecule has 0 heterocycles. The molecule has 0 aliphatic rings. The molecule has 4 nitrogen and oxygen atoms in total. The molecule has 1 aromatic carbocycles. The summed E-state index contributed by atoms with van der Waals surface area (Å²) in [6.45, 7) is 1.97. The van der Waals surface area contributed by atoms with E-state index in [0.29, 0.717) is 5.69 Å². The van der Waals surface area contributed by atoms with Crippen LogP contribution in [0.1, 0.15) is 6.92 Å². The van der Waals surface area contributed by atoms with E-state index in [2.05, 4.69) is 0 Å². The van der Waals surface area contributed by atoms with Crippen LogP contribution in [0.4, 0.5) is 5.69 Å². The van der Waals surface area contributed by atoms with Gasteiger partial charge in [-0.15, -0.1) is 5.14 Å². The van der Waals surface area contributed by atoms with Crippen molar-refractivity contribution in [2.45, 2.75) is 6.92 Å². The highest BCUT2D eigenvalue weighted by Crippen LogP contribution is 2.14. The van der Waals surface area contributed by atoms with E-state index in [-0.39, 0.29) is 6.54 Å². The van der Waals surface area contributed by atoms with E-state index >= 15 is 0 Å². The van der Waals surface area contributed by atoms with Gasteiger partial charge in [-0.25, -0.2) is 0 Å². The number of hydrogen-bond acceptors (Lipinski definition) is 2. The zero-order valence-electron chi connectivity index (χ0n) is 7.27. The molecule has 0 atom stereocenters. The lowest BCUT2D eigenvalue weighted by Crippen LogP contribution is -2.30. The van der Waals surface area contributed by atoms with Crippen molar-refractivity contribution in [2.24, 2.45) is 0 Å². The molecule has 5 heteroatoms. The van der Waals surface area contributed by atoms with Crippen molar-refractivity contribution in [3.05, 3.63) is 30.3 Å². The first-order valence-electron chi connectivity index (χ1n) is 3.88. The van der Waals surface area contributed by atoms with Crippen molar-refractivity contribution in [3.63, 3.8) is 0 Å². The molecule has 71 valence electrons. The fraction of sp³-hybridized carbons (Fsp3) is 0.250. The molecular formula is C8H11N2O2S. The van der Waals surface area contributed by atoms with Crippen molar-refractivity contribution in [2.75, 3.05) is 10.8 Å². The SMILES string of the molecule is CCN(c1ccccc1)S([NH])(=O)=O. The molecule has 0 fully saturated rings. The zero-order chi connectivity index (χ0) is 9.90. The molecular weight excluding hydrogens is 188 g/mol. The summed E-state index contributed by atoms with van der Waals surface area (Å²) in [6, 6.07) is 8.60. The standard InChI is InChI=1S/C8H11N2O2S/c1-2-10(13(9,11)12)8-6-4-3-5-7-8/h3-7,9H,2H2,1H3. The number of hydrogen-bond donors (Lipinski definition) is 0. The normalized spacial score (nSPS) is 11.2. The summed E-state index contributed by atoms with van der Waals surface area (Å²) in [4.78, 5) is 0. The molecule has 0 amide bonds. The molecule has 0 aliphatic heterocycles. The fourth-order valence-corrected chi connectivity index (χ4v) is 1.82. The third-order valence-corrected chi connectivity index (χ3v) is 2.67. The maximum atomic E-state index is 11.0. The number of benzene rings is 1. The summed E-state index contributed by atoms with van der Waals surface area (Å²) < 4.78 is 22.9. The van der Waals surface area contributed by atoms with Crippen LogP contribution in [0.5, 0.6) is 0 Å². The zero-order valence-corrected chi connectivity index (χ0v) is 8.08. The van der Waals surface area contributed by atoms with Crippen molar-refractivity contribution >= 4 is 15.9 Å². The van der Waals surface area contributed by atoms with E-state index in [1.54, 1.807) is 37.3 Å². The lowest BCUT2D eigenvalue weighted by molar-refractivity contribution is 0.592. The Morgan fingerprint density at radius 1 is 1.31 bits per heavy atom. The van der Waals surface area contributed by atoms with E-state index in [1.165, 1.54) is 0 Å². The fourth-order valence-electron chi connectivity index (χ4n) is 1.09. The average Bonchev–Trinajstić information content (AvgIpc) is 2.05. The molecule has 0 aromatic heterocycles. The highest BCUT2D eigenvalue weighted by molar-refractivity contribution is 7.90. The number of rotatable bonds is 3. The second-order valence-electron chi connectivity index (χ2n) is 2.51. The number of anilines is 1. The number of nitrogens with one attached hydrogen (secondary N) is 1. The molecule has 0 spiro atoms. The Morgan fingerprint density at radius 3 is 2.23 bits per heavy atom. The predicted octanol–water partition coefficient (Wildman–Crippen LogP) is 1.04. The minimum atomic E-state index is -3.88. The minimum Gasteiger partial charge on any atom is -0.257 e. The van der Waals surface area contributed by atoms with Crippen molar-refractivity contribution in [1.29, 1.82) is 0 Å². The average molecular weight is 199 g/mol. The van der Waals surface area contributed by atoms with Gasteiger partial charge in [0.15, 0.2) is 0 Å². The van der Waals surface area contributed by atoms with Crippen LogP contribution in [-0.2, 0) is 10.2 Å². The quantitative estimate of drug-likeness (QED) is 0.730. The molecule has 0 unspecified atom stereocenters. The summed E-state index contributed by atoms with van der Waals surface area (Å²) in [6.07, 6.45) is 0. The van der Waals surface area contributed by atoms with E-state index in [0.717, 1.165) is 4.31 Å². The molecule has 13 heavy (non-hydrogen) atoms. The lowest BCUT2D eigenvalue weighted by Gasteiger charge is -2.18. The molecule has 1 radical (unpaired) electrons. The highest BCUT2D eigenvalue weighted by Gasteiger charge is 2.15. The molecule has 0 aliphatic carbocycles. The van der Waals surface area contributed by atoms with Crippen LogP contribution in [0.25, 0.3) is 0 Å². The van der Waals surface area contributed by atoms with Crippen molar-refractivity contribution in [1.82, 2.24) is 5.14 Å². The van der Waals surface area contributed by atoms with Gasteiger partial charge < -0.3 is 0 Å². The second-order valence-corrected chi connectivity index (χ2v) is 3.90. The van der Waals surface area contributed by atoms with E-state index in [9.17, 15) is 8.42 Å². The van der Waals surface area contributed by atoms with Gasteiger partial charge in [0.25, 0.3) is 0 Å². The van der Waals surface area contributed by atoms with E-state index < -0.39 is 10.2 Å². The maximum Gasteiger partial charge on any atom is 0.315 e. The number of para-hydroxylation sites is 1. The third-order valence-electron chi connectivity index (χ3n) is 1.62. The molecule has 0 bridgehead atoms. The van der Waals surface area contributed by atoms with Crippen LogP contribution in [0, 0.1) is 0 Å². The summed E-state index contributed by atoms with van der Waals surface area (Å²) in [5.41, 5.74) is 0.528. The molecule has 0 saturated carbocycles. The summed E-state index contributed by atoms with van der Waals surface area (Å²) in [5.74, 6) is 0. The molecule has 1 N–H and O–H groups in total. The van der Waals surface area contributed by atoms with Crippen LogP contribution >= 0.6 is 0 Å². The summed E-state index contributed by atoms with van der Waals surface area (Å²) in [7, 11) is -3.88. The van der Waals surface area contributed by atoms with Crippen LogP contribution in [-0.4, -0.2) is 15.0 Å². The van der Waals surface area contributed by atoms with Gasteiger partial charge in [-0.05, 0) is 19.1 Å². The summed E-state index contributed by atoms with van der Waals surface area (Å²) in [5, 5.41) is 6.92. The van der Waals surface area contributed by atoms with Gasteiger partial charge in [0.2, 0.25) is 0 Å². The topological polar surface area (TPSA) is 61.2 Å². The Morgan fingerprint density at radius 2 is 1.85 bits per heavy atom. The monoisotopic (exact) mass is 199 g/mol. The first kappa shape index (κ1) is 10.0. The molecule has 1 aromatic rings. The van der Waals surface area contributed by atoms with Gasteiger partial charge in [0.1, 0.15) is 0 Å². The Kier molecular flexibility index (Phi) is 2.90. The summed E-state index contributed by atoms with van der Waals surface area (Å²) >= 11 is 0. The Balaban J connectivity index is 3.06. The maximum absolute atomic E-state index is 11.0. The Hall–Kier alpha value is -1.07. The first-order valence-corrected chi connectivity index (χ1v) is 5.32. The van der Waals surface area contributed by atoms with Crippen LogP contribution in [0.3, 0.4) is 0 Å². The third kappa shape index (κ3) is 2.43. The number of nitrogens with zero attached hydrogens (tertiary/aromatic N) is 1. The highest BCUT2D eigenvalue weighted by atomic mass is 32.2.